The molecule has 0 saturated carbocycles. The normalized spacial score (nSPS) is 13.9. The molecule has 1 fully saturated rings. The third kappa shape index (κ3) is 4.10. The molecule has 5 rings (SSSR count). The van der Waals surface area contributed by atoms with Crippen molar-refractivity contribution in [2.75, 3.05) is 31.6 Å². The monoisotopic (exact) mass is 444 g/mol. The largest absolute Gasteiger partial charge is 0.378 e. The van der Waals surface area contributed by atoms with Crippen LogP contribution in [-0.4, -0.2) is 63.2 Å². The molecule has 0 spiro atoms. The van der Waals surface area contributed by atoms with E-state index < -0.39 is 0 Å². The molecule has 1 aliphatic heterocycles. The summed E-state index contributed by atoms with van der Waals surface area (Å²) in [6.07, 6.45) is 1.61. The molecule has 9 heteroatoms. The lowest BCUT2D eigenvalue weighted by molar-refractivity contribution is 0.0303. The van der Waals surface area contributed by atoms with Crippen LogP contribution in [0.1, 0.15) is 32.1 Å². The molecule has 0 atom stereocenters. The molecular weight excluding hydrogens is 420 g/mol. The van der Waals surface area contributed by atoms with E-state index in [1.807, 2.05) is 55.1 Å². The number of hydrogen-bond acceptors (Lipinski definition) is 5. The minimum absolute atomic E-state index is 0.0197. The number of aromatic nitrogens is 4. The predicted octanol–water partition coefficient (Wildman–Crippen LogP) is 3.29. The van der Waals surface area contributed by atoms with E-state index in [9.17, 15) is 9.59 Å². The van der Waals surface area contributed by atoms with E-state index in [2.05, 4.69) is 25.5 Å². The predicted molar refractivity (Wildman–Crippen MR) is 124 cm³/mol. The van der Waals surface area contributed by atoms with E-state index >= 15 is 0 Å². The molecule has 0 aliphatic carbocycles. The van der Waals surface area contributed by atoms with E-state index in [-0.39, 0.29) is 11.8 Å². The van der Waals surface area contributed by atoms with Gasteiger partial charge in [-0.25, -0.2) is 4.98 Å². The fraction of sp³-hybridized carbons (Fsp3) is 0.250. The third-order valence-corrected chi connectivity index (χ3v) is 5.95. The van der Waals surface area contributed by atoms with Crippen molar-refractivity contribution in [3.63, 3.8) is 0 Å². The van der Waals surface area contributed by atoms with Crippen LogP contribution in [0.5, 0.6) is 0 Å². The number of amides is 2. The van der Waals surface area contributed by atoms with Crippen molar-refractivity contribution in [3.05, 3.63) is 65.1 Å². The summed E-state index contributed by atoms with van der Waals surface area (Å²) in [4.78, 5) is 34.8. The highest BCUT2D eigenvalue weighted by Gasteiger charge is 2.19. The number of H-pyrrole nitrogens is 2. The number of nitrogens with zero attached hydrogens (tertiary/aromatic N) is 3. The third-order valence-electron chi connectivity index (χ3n) is 5.95. The SMILES string of the molecule is Cc1n[nH]c(C(=O)Nc2cnc3[nH]c(-c4ccc(C(=O)N5CCOCC5)cc4)cc3c2)c1C. The quantitative estimate of drug-likeness (QED) is 0.447. The minimum atomic E-state index is -0.259. The van der Waals surface area contributed by atoms with Crippen LogP contribution < -0.4 is 5.32 Å². The number of pyridine rings is 1. The van der Waals surface area contributed by atoms with E-state index in [1.165, 1.54) is 0 Å². The Hall–Kier alpha value is -3.98. The van der Waals surface area contributed by atoms with Gasteiger partial charge in [0.2, 0.25) is 0 Å². The Morgan fingerprint density at radius 2 is 1.85 bits per heavy atom. The molecule has 33 heavy (non-hydrogen) atoms. The van der Waals surface area contributed by atoms with Crippen LogP contribution in [0.4, 0.5) is 5.69 Å². The van der Waals surface area contributed by atoms with Gasteiger partial charge in [-0.15, -0.1) is 0 Å². The van der Waals surface area contributed by atoms with Gasteiger partial charge < -0.3 is 19.9 Å². The van der Waals surface area contributed by atoms with Crippen LogP contribution in [0.2, 0.25) is 0 Å². The highest BCUT2D eigenvalue weighted by atomic mass is 16.5. The van der Waals surface area contributed by atoms with Gasteiger partial charge in [0.25, 0.3) is 11.8 Å². The summed E-state index contributed by atoms with van der Waals surface area (Å²) in [5.74, 6) is -0.239. The van der Waals surface area contributed by atoms with Crippen LogP contribution in [0.15, 0.2) is 42.6 Å². The molecule has 0 unspecified atom stereocenters. The summed E-state index contributed by atoms with van der Waals surface area (Å²) >= 11 is 0. The molecule has 0 radical (unpaired) electrons. The van der Waals surface area contributed by atoms with Gasteiger partial charge in [-0.3, -0.25) is 14.7 Å². The standard InChI is InChI=1S/C24H24N6O3/c1-14-15(2)28-29-21(14)23(31)26-19-11-18-12-20(27-22(18)25-13-19)16-3-5-17(6-4-16)24(32)30-7-9-33-10-8-30/h3-6,11-13H,7-10H2,1-2H3,(H,25,27)(H,26,31)(H,28,29). The highest BCUT2D eigenvalue weighted by Crippen LogP contribution is 2.26. The van der Waals surface area contributed by atoms with Gasteiger partial charge in [0.15, 0.2) is 0 Å². The number of fused-ring (bicyclic) bond motifs is 1. The Morgan fingerprint density at radius 3 is 2.55 bits per heavy atom. The Kier molecular flexibility index (Phi) is 5.39. The second kappa shape index (κ2) is 8.51. The number of rotatable bonds is 4. The second-order valence-corrected chi connectivity index (χ2v) is 8.09. The van der Waals surface area contributed by atoms with Crippen molar-refractivity contribution in [1.29, 1.82) is 0 Å². The number of ether oxygens (including phenoxy) is 1. The van der Waals surface area contributed by atoms with Crippen molar-refractivity contribution in [1.82, 2.24) is 25.1 Å². The molecule has 168 valence electrons. The lowest BCUT2D eigenvalue weighted by Gasteiger charge is -2.26. The fourth-order valence-corrected chi connectivity index (χ4v) is 3.88. The van der Waals surface area contributed by atoms with Gasteiger partial charge in [-0.1, -0.05) is 12.1 Å². The van der Waals surface area contributed by atoms with E-state index in [1.54, 1.807) is 6.20 Å². The topological polar surface area (TPSA) is 116 Å². The summed E-state index contributed by atoms with van der Waals surface area (Å²) in [6, 6.07) is 11.4. The van der Waals surface area contributed by atoms with Gasteiger partial charge >= 0.3 is 0 Å². The number of carbonyl (C=O) groups is 2. The first-order chi connectivity index (χ1) is 16.0. The molecule has 0 bridgehead atoms. The summed E-state index contributed by atoms with van der Waals surface area (Å²) < 4.78 is 5.32. The lowest BCUT2D eigenvalue weighted by Crippen LogP contribution is -2.40. The second-order valence-electron chi connectivity index (χ2n) is 8.09. The van der Waals surface area contributed by atoms with Crippen molar-refractivity contribution < 1.29 is 14.3 Å². The van der Waals surface area contributed by atoms with Crippen molar-refractivity contribution in [2.24, 2.45) is 0 Å². The maximum absolute atomic E-state index is 12.7. The molecule has 3 N–H and O–H groups in total. The summed E-state index contributed by atoms with van der Waals surface area (Å²) in [5.41, 5.74) is 5.84. The zero-order valence-corrected chi connectivity index (χ0v) is 18.4. The number of nitrogens with one attached hydrogen (secondary N) is 3. The van der Waals surface area contributed by atoms with E-state index in [0.29, 0.717) is 48.9 Å². The van der Waals surface area contributed by atoms with Gasteiger partial charge in [0, 0.05) is 35.3 Å². The van der Waals surface area contributed by atoms with Gasteiger partial charge in [0.05, 0.1) is 30.8 Å². The van der Waals surface area contributed by atoms with Gasteiger partial charge in [-0.05, 0) is 43.7 Å². The number of aryl methyl sites for hydroxylation is 1. The number of benzene rings is 1. The van der Waals surface area contributed by atoms with Crippen LogP contribution in [0.25, 0.3) is 22.3 Å². The Bertz CT molecular complexity index is 1330. The Morgan fingerprint density at radius 1 is 1.09 bits per heavy atom. The van der Waals surface area contributed by atoms with Crippen LogP contribution >= 0.6 is 0 Å². The molecule has 4 heterocycles. The minimum Gasteiger partial charge on any atom is -0.378 e. The Labute approximate surface area is 190 Å². The summed E-state index contributed by atoms with van der Waals surface area (Å²) in [6.45, 7) is 6.10. The first-order valence-corrected chi connectivity index (χ1v) is 10.8. The molecule has 1 aliphatic rings. The maximum atomic E-state index is 12.7. The smallest absolute Gasteiger partial charge is 0.273 e. The van der Waals surface area contributed by atoms with Crippen LogP contribution in [-0.2, 0) is 4.74 Å². The lowest BCUT2D eigenvalue weighted by atomic mass is 10.1. The average molecular weight is 444 g/mol. The number of anilines is 1. The van der Waals surface area contributed by atoms with Crippen LogP contribution in [0.3, 0.4) is 0 Å². The van der Waals surface area contributed by atoms with Crippen LogP contribution in [0, 0.1) is 13.8 Å². The summed E-state index contributed by atoms with van der Waals surface area (Å²) in [5, 5.41) is 10.6. The fourth-order valence-electron chi connectivity index (χ4n) is 3.88. The van der Waals surface area contributed by atoms with Crippen molar-refractivity contribution in [2.45, 2.75) is 13.8 Å². The molecule has 1 saturated heterocycles. The zero-order valence-electron chi connectivity index (χ0n) is 18.4. The first-order valence-electron chi connectivity index (χ1n) is 10.8. The van der Waals surface area contributed by atoms with Crippen molar-refractivity contribution in [3.8, 4) is 11.3 Å². The number of carbonyl (C=O) groups excluding carboxylic acids is 2. The number of aromatic amines is 2. The molecule has 2 amide bonds. The van der Waals surface area contributed by atoms with E-state index in [0.717, 1.165) is 27.9 Å². The highest BCUT2D eigenvalue weighted by molar-refractivity contribution is 6.04. The number of hydrogen-bond donors (Lipinski definition) is 3. The summed E-state index contributed by atoms with van der Waals surface area (Å²) in [7, 11) is 0. The van der Waals surface area contributed by atoms with E-state index in [4.69, 9.17) is 4.74 Å². The van der Waals surface area contributed by atoms with Crippen molar-refractivity contribution >= 4 is 28.5 Å². The molecular formula is C24H24N6O3. The molecule has 3 aromatic heterocycles. The van der Waals surface area contributed by atoms with Gasteiger partial charge in [-0.2, -0.15) is 5.10 Å². The zero-order chi connectivity index (χ0) is 22.9. The molecule has 1 aromatic carbocycles. The first kappa shape index (κ1) is 20.9. The molecule has 9 nitrogen and oxygen atoms in total. The van der Waals surface area contributed by atoms with Gasteiger partial charge in [0.1, 0.15) is 11.3 Å². The Balaban J connectivity index is 1.33. The number of morpholine rings is 1. The average Bonchev–Trinajstić information content (AvgIpc) is 3.42. The maximum Gasteiger partial charge on any atom is 0.273 e. The molecule has 4 aromatic rings.